The van der Waals surface area contributed by atoms with E-state index in [1.807, 2.05) is 13.8 Å². The molecule has 2 rings (SSSR count). The highest BCUT2D eigenvalue weighted by atomic mass is 79.9. The van der Waals surface area contributed by atoms with Crippen LogP contribution in [0.15, 0.2) is 27.3 Å². The first-order valence-corrected chi connectivity index (χ1v) is 8.00. The Morgan fingerprint density at radius 3 is 2.24 bits per heavy atom. The zero-order valence-corrected chi connectivity index (χ0v) is 15.0. The van der Waals surface area contributed by atoms with E-state index in [4.69, 9.17) is 0 Å². The van der Waals surface area contributed by atoms with Crippen molar-refractivity contribution >= 4 is 31.9 Å². The van der Waals surface area contributed by atoms with E-state index in [2.05, 4.69) is 42.3 Å². The summed E-state index contributed by atoms with van der Waals surface area (Å²) in [7, 11) is 1.66. The molecule has 0 fully saturated rings. The van der Waals surface area contributed by atoms with E-state index in [1.54, 1.807) is 17.9 Å². The van der Waals surface area contributed by atoms with E-state index in [-0.39, 0.29) is 11.6 Å². The second-order valence-electron chi connectivity index (χ2n) is 4.92. The van der Waals surface area contributed by atoms with Crippen LogP contribution in [0.3, 0.4) is 0 Å². The van der Waals surface area contributed by atoms with E-state index in [0.717, 1.165) is 0 Å². The van der Waals surface area contributed by atoms with E-state index in [0.29, 0.717) is 14.6 Å². The first-order valence-electron chi connectivity index (χ1n) is 6.41. The number of aromatic nitrogens is 2. The second-order valence-corrected chi connectivity index (χ2v) is 6.69. The van der Waals surface area contributed by atoms with Gasteiger partial charge in [-0.3, -0.25) is 4.68 Å². The van der Waals surface area contributed by atoms with Crippen molar-refractivity contribution in [2.45, 2.75) is 25.9 Å². The molecule has 2 aromatic rings. The third-order valence-electron chi connectivity index (χ3n) is 3.17. The maximum Gasteiger partial charge on any atom is 0.132 e. The number of hydrogen-bond acceptors (Lipinski definition) is 2. The molecular weight excluding hydrogens is 408 g/mol. The van der Waals surface area contributed by atoms with Crippen LogP contribution in [0.4, 0.5) is 8.78 Å². The Morgan fingerprint density at radius 2 is 1.76 bits per heavy atom. The monoisotopic (exact) mass is 421 g/mol. The summed E-state index contributed by atoms with van der Waals surface area (Å²) in [6.07, 6.45) is 1.63. The van der Waals surface area contributed by atoms with Crippen LogP contribution in [-0.2, 0) is 0 Å². The molecule has 1 heterocycles. The van der Waals surface area contributed by atoms with E-state index in [1.165, 1.54) is 12.1 Å². The molecule has 1 unspecified atom stereocenters. The largest absolute Gasteiger partial charge is 0.308 e. The van der Waals surface area contributed by atoms with Crippen LogP contribution in [0.1, 0.15) is 37.2 Å². The fourth-order valence-electron chi connectivity index (χ4n) is 2.28. The smallest absolute Gasteiger partial charge is 0.132 e. The lowest BCUT2D eigenvalue weighted by Gasteiger charge is -2.22. The summed E-state index contributed by atoms with van der Waals surface area (Å²) >= 11 is 6.50. The predicted octanol–water partition coefficient (Wildman–Crippen LogP) is 4.58. The number of halogens is 4. The Balaban J connectivity index is 2.64. The van der Waals surface area contributed by atoms with Crippen LogP contribution in [0, 0.1) is 11.6 Å². The number of rotatable bonds is 4. The Bertz CT molecular complexity index is 633. The lowest BCUT2D eigenvalue weighted by atomic mass is 10.0. The fraction of sp³-hybridized carbons (Fsp3) is 0.357. The van der Waals surface area contributed by atoms with Gasteiger partial charge in [-0.05, 0) is 49.0 Å². The summed E-state index contributed by atoms with van der Waals surface area (Å²) < 4.78 is 31.3. The van der Waals surface area contributed by atoms with Gasteiger partial charge in [-0.15, -0.1) is 0 Å². The van der Waals surface area contributed by atoms with Gasteiger partial charge in [0.15, 0.2) is 0 Å². The van der Waals surface area contributed by atoms with Crippen molar-refractivity contribution in [3.05, 3.63) is 50.2 Å². The van der Waals surface area contributed by atoms with Gasteiger partial charge in [0.1, 0.15) is 11.6 Å². The van der Waals surface area contributed by atoms with Crippen LogP contribution in [0.25, 0.3) is 0 Å². The van der Waals surface area contributed by atoms with E-state index < -0.39 is 17.7 Å². The molecule has 0 radical (unpaired) electrons. The average Bonchev–Trinajstić information content (AvgIpc) is 2.75. The SMILES string of the molecule is CNC(c1c(F)cc(Br)cc1F)c1c(Br)cnn1C(C)C. The molecule has 0 amide bonds. The number of nitrogens with one attached hydrogen (secondary N) is 1. The highest BCUT2D eigenvalue weighted by Gasteiger charge is 2.27. The Kier molecular flexibility index (Phi) is 5.16. The van der Waals surface area contributed by atoms with Gasteiger partial charge in [0, 0.05) is 16.1 Å². The van der Waals surface area contributed by atoms with E-state index >= 15 is 0 Å². The molecule has 0 aliphatic rings. The first kappa shape index (κ1) is 16.6. The summed E-state index contributed by atoms with van der Waals surface area (Å²) in [5.41, 5.74) is 0.663. The van der Waals surface area contributed by atoms with Crippen molar-refractivity contribution in [2.75, 3.05) is 7.05 Å². The van der Waals surface area contributed by atoms with Crippen LogP contribution < -0.4 is 5.32 Å². The summed E-state index contributed by atoms with van der Waals surface area (Å²) in [6, 6.07) is 1.94. The predicted molar refractivity (Wildman–Crippen MR) is 85.3 cm³/mol. The summed E-state index contributed by atoms with van der Waals surface area (Å²) in [5.74, 6) is -1.21. The minimum Gasteiger partial charge on any atom is -0.308 e. The molecule has 1 N–H and O–H groups in total. The van der Waals surface area contributed by atoms with Gasteiger partial charge in [-0.2, -0.15) is 5.10 Å². The highest BCUT2D eigenvalue weighted by molar-refractivity contribution is 9.10. The lowest BCUT2D eigenvalue weighted by molar-refractivity contribution is 0.461. The summed E-state index contributed by atoms with van der Waals surface area (Å²) in [5, 5.41) is 7.23. The number of hydrogen-bond donors (Lipinski definition) is 1. The third-order valence-corrected chi connectivity index (χ3v) is 4.24. The molecule has 3 nitrogen and oxygen atoms in total. The number of benzene rings is 1. The van der Waals surface area contributed by atoms with Crippen molar-refractivity contribution < 1.29 is 8.78 Å². The van der Waals surface area contributed by atoms with Gasteiger partial charge >= 0.3 is 0 Å². The molecule has 7 heteroatoms. The molecule has 0 aliphatic heterocycles. The Hall–Kier alpha value is -0.790. The molecule has 0 saturated heterocycles. The highest BCUT2D eigenvalue weighted by Crippen LogP contribution is 2.34. The van der Waals surface area contributed by atoms with Crippen LogP contribution >= 0.6 is 31.9 Å². The van der Waals surface area contributed by atoms with Crippen LogP contribution in [0.2, 0.25) is 0 Å². The molecule has 1 atom stereocenters. The third kappa shape index (κ3) is 3.19. The van der Waals surface area contributed by atoms with Gasteiger partial charge in [0.05, 0.1) is 22.4 Å². The van der Waals surface area contributed by atoms with E-state index in [9.17, 15) is 8.78 Å². The summed E-state index contributed by atoms with van der Waals surface area (Å²) in [6.45, 7) is 3.92. The minimum atomic E-state index is -0.641. The van der Waals surface area contributed by atoms with Crippen molar-refractivity contribution in [1.29, 1.82) is 0 Å². The molecule has 1 aromatic heterocycles. The fourth-order valence-corrected chi connectivity index (χ4v) is 3.18. The van der Waals surface area contributed by atoms with Gasteiger partial charge in [-0.25, -0.2) is 8.78 Å². The van der Waals surface area contributed by atoms with Gasteiger partial charge in [-0.1, -0.05) is 15.9 Å². The van der Waals surface area contributed by atoms with Gasteiger partial charge < -0.3 is 5.32 Å². The maximum absolute atomic E-state index is 14.2. The zero-order chi connectivity index (χ0) is 15.7. The zero-order valence-electron chi connectivity index (χ0n) is 11.8. The Labute approximate surface area is 139 Å². The van der Waals surface area contributed by atoms with Crippen molar-refractivity contribution in [2.24, 2.45) is 0 Å². The molecule has 0 spiro atoms. The molecule has 114 valence electrons. The molecule has 0 bridgehead atoms. The molecule has 0 aliphatic carbocycles. The second kappa shape index (κ2) is 6.54. The molecular formula is C14H15Br2F2N3. The van der Waals surface area contributed by atoms with Crippen molar-refractivity contribution in [1.82, 2.24) is 15.1 Å². The van der Waals surface area contributed by atoms with Gasteiger partial charge in [0.25, 0.3) is 0 Å². The van der Waals surface area contributed by atoms with Crippen molar-refractivity contribution in [3.8, 4) is 0 Å². The topological polar surface area (TPSA) is 29.9 Å². The van der Waals surface area contributed by atoms with Crippen LogP contribution in [-0.4, -0.2) is 16.8 Å². The molecule has 21 heavy (non-hydrogen) atoms. The van der Waals surface area contributed by atoms with Gasteiger partial charge in [0.2, 0.25) is 0 Å². The normalized spacial score (nSPS) is 13.0. The molecule has 0 saturated carbocycles. The van der Waals surface area contributed by atoms with Crippen LogP contribution in [0.5, 0.6) is 0 Å². The Morgan fingerprint density at radius 1 is 1.19 bits per heavy atom. The standard InChI is InChI=1S/C14H15Br2F2N3/c1-7(2)21-14(9(16)6-20-21)13(19-3)12-10(17)4-8(15)5-11(12)18/h4-7,13,19H,1-3H3. The quantitative estimate of drug-likeness (QED) is 0.781. The molecule has 1 aromatic carbocycles. The summed E-state index contributed by atoms with van der Waals surface area (Å²) in [4.78, 5) is 0. The lowest BCUT2D eigenvalue weighted by Crippen LogP contribution is -2.25. The average molecular weight is 423 g/mol. The first-order chi connectivity index (χ1) is 9.86. The van der Waals surface area contributed by atoms with Crippen molar-refractivity contribution in [3.63, 3.8) is 0 Å². The minimum absolute atomic E-state index is 0.0243. The number of nitrogens with zero attached hydrogens (tertiary/aromatic N) is 2. The maximum atomic E-state index is 14.2.